The number of aromatic carboxylic acids is 1. The molecule has 0 amide bonds. The van der Waals surface area contributed by atoms with Crippen molar-refractivity contribution >= 4 is 45.4 Å². The SMILES string of the molecule is Cc1c(C(=O)[O-])sc2nc(/C=C/c3ccc(N4CCOCC4)cc3)[nH]c(=O)c12. The minimum absolute atomic E-state index is 0.0350. The molecule has 1 fully saturated rings. The maximum absolute atomic E-state index is 12.3. The number of carbonyl (C=O) groups excluding carboxylic acids is 1. The first-order valence-corrected chi connectivity index (χ1v) is 9.70. The summed E-state index contributed by atoms with van der Waals surface area (Å²) in [6.07, 6.45) is 3.56. The lowest BCUT2D eigenvalue weighted by Crippen LogP contribution is -2.36. The third-order valence-corrected chi connectivity index (χ3v) is 5.87. The van der Waals surface area contributed by atoms with E-state index in [2.05, 4.69) is 27.0 Å². The van der Waals surface area contributed by atoms with Gasteiger partial charge in [0, 0.05) is 18.8 Å². The number of thiophene rings is 1. The third-order valence-electron chi connectivity index (χ3n) is 4.71. The summed E-state index contributed by atoms with van der Waals surface area (Å²) in [4.78, 5) is 33.3. The van der Waals surface area contributed by atoms with E-state index in [-0.39, 0.29) is 10.4 Å². The van der Waals surface area contributed by atoms with Crippen molar-refractivity contribution in [3.63, 3.8) is 0 Å². The number of H-pyrrole nitrogens is 1. The van der Waals surface area contributed by atoms with Gasteiger partial charge in [-0.05, 0) is 36.3 Å². The lowest BCUT2D eigenvalue weighted by Gasteiger charge is -2.28. The maximum Gasteiger partial charge on any atom is 0.260 e. The molecule has 1 aliphatic heterocycles. The molecule has 7 nitrogen and oxygen atoms in total. The Morgan fingerprint density at radius 2 is 1.96 bits per heavy atom. The molecule has 1 aliphatic rings. The summed E-state index contributed by atoms with van der Waals surface area (Å²) >= 11 is 0.957. The first-order valence-electron chi connectivity index (χ1n) is 8.88. The van der Waals surface area contributed by atoms with Crippen molar-refractivity contribution < 1.29 is 14.6 Å². The van der Waals surface area contributed by atoms with Gasteiger partial charge in [-0.25, -0.2) is 4.98 Å². The number of nitrogens with one attached hydrogen (secondary N) is 1. The van der Waals surface area contributed by atoms with E-state index in [9.17, 15) is 14.7 Å². The summed E-state index contributed by atoms with van der Waals surface area (Å²) < 4.78 is 5.37. The normalized spacial score (nSPS) is 14.8. The number of hydrogen-bond donors (Lipinski definition) is 1. The minimum Gasteiger partial charge on any atom is -0.544 e. The Labute approximate surface area is 164 Å². The molecule has 1 aromatic carbocycles. The zero-order valence-corrected chi connectivity index (χ0v) is 16.0. The largest absolute Gasteiger partial charge is 0.544 e. The lowest BCUT2D eigenvalue weighted by molar-refractivity contribution is -0.254. The van der Waals surface area contributed by atoms with Crippen LogP contribution in [0.1, 0.15) is 26.6 Å². The van der Waals surface area contributed by atoms with Gasteiger partial charge in [-0.1, -0.05) is 18.2 Å². The van der Waals surface area contributed by atoms with Crippen LogP contribution in [0.2, 0.25) is 0 Å². The summed E-state index contributed by atoms with van der Waals surface area (Å²) in [6.45, 7) is 4.84. The van der Waals surface area contributed by atoms with Crippen molar-refractivity contribution in [2.24, 2.45) is 0 Å². The van der Waals surface area contributed by atoms with Crippen molar-refractivity contribution in [3.05, 3.63) is 56.4 Å². The molecule has 0 atom stereocenters. The summed E-state index contributed by atoms with van der Waals surface area (Å²) in [7, 11) is 0. The predicted molar refractivity (Wildman–Crippen MR) is 108 cm³/mol. The molecule has 0 aliphatic carbocycles. The number of rotatable bonds is 4. The minimum atomic E-state index is -1.29. The predicted octanol–water partition coefficient (Wildman–Crippen LogP) is 1.66. The van der Waals surface area contributed by atoms with Crippen molar-refractivity contribution in [3.8, 4) is 0 Å². The highest BCUT2D eigenvalue weighted by Gasteiger charge is 2.14. The number of carboxylic acid groups (broad SMARTS) is 1. The van der Waals surface area contributed by atoms with Crippen molar-refractivity contribution in [1.29, 1.82) is 0 Å². The van der Waals surface area contributed by atoms with Gasteiger partial charge in [-0.15, -0.1) is 11.3 Å². The Bertz CT molecular complexity index is 1110. The second kappa shape index (κ2) is 7.57. The first kappa shape index (κ1) is 18.4. The Balaban J connectivity index is 1.58. The lowest BCUT2D eigenvalue weighted by atomic mass is 10.1. The van der Waals surface area contributed by atoms with E-state index in [0.717, 1.165) is 48.9 Å². The van der Waals surface area contributed by atoms with Crippen LogP contribution in [0.25, 0.3) is 22.4 Å². The Hall–Kier alpha value is -2.97. The molecule has 0 spiro atoms. The van der Waals surface area contributed by atoms with Gasteiger partial charge in [0.25, 0.3) is 5.56 Å². The van der Waals surface area contributed by atoms with Gasteiger partial charge >= 0.3 is 0 Å². The van der Waals surface area contributed by atoms with Crippen LogP contribution in [-0.2, 0) is 4.74 Å². The highest BCUT2D eigenvalue weighted by Crippen LogP contribution is 2.26. The summed E-state index contributed by atoms with van der Waals surface area (Å²) in [6, 6.07) is 8.11. The van der Waals surface area contributed by atoms with Crippen molar-refractivity contribution in [2.75, 3.05) is 31.2 Å². The zero-order chi connectivity index (χ0) is 19.7. The fraction of sp³-hybridized carbons (Fsp3) is 0.250. The summed E-state index contributed by atoms with van der Waals surface area (Å²) in [5.41, 5.74) is 2.16. The molecule has 1 saturated heterocycles. The number of benzene rings is 1. The maximum atomic E-state index is 12.3. The Morgan fingerprint density at radius 1 is 1.25 bits per heavy atom. The molecule has 3 aromatic rings. The zero-order valence-electron chi connectivity index (χ0n) is 15.2. The topological polar surface area (TPSA) is 98.3 Å². The summed E-state index contributed by atoms with van der Waals surface area (Å²) in [5.74, 6) is -0.918. The average Bonchev–Trinajstić information content (AvgIpc) is 3.05. The third kappa shape index (κ3) is 3.56. The number of aromatic nitrogens is 2. The molecule has 1 N–H and O–H groups in total. The van der Waals surface area contributed by atoms with Gasteiger partial charge in [-0.2, -0.15) is 0 Å². The molecule has 0 unspecified atom stereocenters. The van der Waals surface area contributed by atoms with E-state index in [4.69, 9.17) is 4.74 Å². The number of aromatic amines is 1. The van der Waals surface area contributed by atoms with Gasteiger partial charge in [0.05, 0.1) is 29.4 Å². The number of hydrogen-bond acceptors (Lipinski definition) is 7. The van der Waals surface area contributed by atoms with E-state index in [1.165, 1.54) is 0 Å². The van der Waals surface area contributed by atoms with E-state index in [0.29, 0.717) is 21.6 Å². The number of aryl methyl sites for hydroxylation is 1. The van der Waals surface area contributed by atoms with Crippen LogP contribution >= 0.6 is 11.3 Å². The monoisotopic (exact) mass is 396 g/mol. The van der Waals surface area contributed by atoms with Crippen LogP contribution in [0.3, 0.4) is 0 Å². The van der Waals surface area contributed by atoms with Crippen LogP contribution in [0.4, 0.5) is 5.69 Å². The van der Waals surface area contributed by atoms with Crippen LogP contribution < -0.4 is 15.6 Å². The molecule has 0 saturated carbocycles. The molecule has 4 rings (SSSR count). The van der Waals surface area contributed by atoms with Crippen LogP contribution in [-0.4, -0.2) is 42.2 Å². The number of carbonyl (C=O) groups is 1. The second-order valence-corrected chi connectivity index (χ2v) is 7.50. The number of carboxylic acids is 1. The quantitative estimate of drug-likeness (QED) is 0.720. The van der Waals surface area contributed by atoms with Gasteiger partial charge < -0.3 is 24.5 Å². The highest BCUT2D eigenvalue weighted by molar-refractivity contribution is 7.20. The molecular formula is C20H18N3O4S-. The molecule has 144 valence electrons. The van der Waals surface area contributed by atoms with Gasteiger partial charge in [-0.3, -0.25) is 4.79 Å². The molecule has 28 heavy (non-hydrogen) atoms. The number of ether oxygens (including phenoxy) is 1. The van der Waals surface area contributed by atoms with E-state index in [1.54, 1.807) is 13.0 Å². The van der Waals surface area contributed by atoms with Gasteiger partial charge in [0.1, 0.15) is 10.7 Å². The molecule has 3 heterocycles. The Morgan fingerprint density at radius 3 is 2.64 bits per heavy atom. The molecule has 2 aromatic heterocycles. The van der Waals surface area contributed by atoms with E-state index in [1.807, 2.05) is 18.2 Å². The van der Waals surface area contributed by atoms with Crippen LogP contribution in [0, 0.1) is 6.92 Å². The first-order chi connectivity index (χ1) is 13.5. The van der Waals surface area contributed by atoms with Crippen LogP contribution in [0.5, 0.6) is 0 Å². The number of anilines is 1. The fourth-order valence-corrected chi connectivity index (χ4v) is 4.25. The average molecular weight is 396 g/mol. The standard InChI is InChI=1S/C20H19N3O4S/c1-12-16-18(24)21-15(22-19(16)28-17(12)20(25)26)7-4-13-2-5-14(6-3-13)23-8-10-27-11-9-23/h2-7H,8-11H2,1H3,(H,25,26)(H,21,22,24)/p-1/b7-4+. The molecule has 0 radical (unpaired) electrons. The van der Waals surface area contributed by atoms with Crippen molar-refractivity contribution in [1.82, 2.24) is 9.97 Å². The molecular weight excluding hydrogens is 378 g/mol. The van der Waals surface area contributed by atoms with Crippen molar-refractivity contribution in [2.45, 2.75) is 6.92 Å². The number of morpholine rings is 1. The highest BCUT2D eigenvalue weighted by atomic mass is 32.1. The number of nitrogens with zero attached hydrogens (tertiary/aromatic N) is 2. The summed E-state index contributed by atoms with van der Waals surface area (Å²) in [5, 5.41) is 11.5. The second-order valence-electron chi connectivity index (χ2n) is 6.50. The van der Waals surface area contributed by atoms with E-state index < -0.39 is 5.97 Å². The molecule has 0 bridgehead atoms. The van der Waals surface area contributed by atoms with E-state index >= 15 is 0 Å². The smallest absolute Gasteiger partial charge is 0.260 e. The van der Waals surface area contributed by atoms with Gasteiger partial charge in [0.2, 0.25) is 0 Å². The number of fused-ring (bicyclic) bond motifs is 1. The van der Waals surface area contributed by atoms with Gasteiger partial charge in [0.15, 0.2) is 0 Å². The fourth-order valence-electron chi connectivity index (χ4n) is 3.23. The Kier molecular flexibility index (Phi) is 4.97. The van der Waals surface area contributed by atoms with Crippen LogP contribution in [0.15, 0.2) is 29.1 Å². The molecule has 8 heteroatoms.